The van der Waals surface area contributed by atoms with Gasteiger partial charge in [-0.2, -0.15) is 0 Å². The number of aromatic nitrogens is 1. The summed E-state index contributed by atoms with van der Waals surface area (Å²) >= 11 is 0. The van der Waals surface area contributed by atoms with Crippen molar-refractivity contribution < 1.29 is 4.68 Å². The van der Waals surface area contributed by atoms with Crippen molar-refractivity contribution in [1.29, 1.82) is 0 Å². The first kappa shape index (κ1) is 19.4. The molecule has 29 heavy (non-hydrogen) atoms. The number of anilines is 1. The standard InChI is InChI=1S/C26H30N3/c1-26(2,3)24-13-16-29(17-14-24)27-19-20-7-9-21(10-8-20)22-11-12-25-23(18-22)6-5-15-28(25)4/h7-14,16-19H,5-6,15H2,1-4H3/q+1/b27-19+. The van der Waals surface area contributed by atoms with Gasteiger partial charge in [0.05, 0.1) is 0 Å². The lowest BCUT2D eigenvalue weighted by atomic mass is 9.88. The molecule has 1 aliphatic heterocycles. The van der Waals surface area contributed by atoms with Gasteiger partial charge in [-0.25, -0.2) is 0 Å². The highest BCUT2D eigenvalue weighted by atomic mass is 15.3. The molecule has 4 rings (SSSR count). The van der Waals surface area contributed by atoms with Gasteiger partial charge in [0.15, 0.2) is 0 Å². The van der Waals surface area contributed by atoms with Gasteiger partial charge in [-0.3, -0.25) is 0 Å². The van der Waals surface area contributed by atoms with Crippen molar-refractivity contribution in [2.75, 3.05) is 18.5 Å². The van der Waals surface area contributed by atoms with Crippen LogP contribution in [0.1, 0.15) is 43.9 Å². The molecule has 0 radical (unpaired) electrons. The van der Waals surface area contributed by atoms with E-state index in [1.165, 1.54) is 40.8 Å². The zero-order valence-electron chi connectivity index (χ0n) is 17.9. The van der Waals surface area contributed by atoms with E-state index in [9.17, 15) is 0 Å². The summed E-state index contributed by atoms with van der Waals surface area (Å²) in [6.07, 6.45) is 8.33. The Morgan fingerprint density at radius 2 is 1.62 bits per heavy atom. The molecule has 1 aromatic heterocycles. The van der Waals surface area contributed by atoms with Crippen LogP contribution in [0.5, 0.6) is 0 Å². The number of aryl methyl sites for hydroxylation is 1. The van der Waals surface area contributed by atoms with Gasteiger partial charge in [0, 0.05) is 31.4 Å². The normalized spacial score (nSPS) is 14.3. The molecule has 0 unspecified atom stereocenters. The van der Waals surface area contributed by atoms with E-state index in [1.807, 2.05) is 23.3 Å². The summed E-state index contributed by atoms with van der Waals surface area (Å²) in [6, 6.07) is 19.7. The van der Waals surface area contributed by atoms with E-state index in [1.54, 1.807) is 0 Å². The molecule has 0 aliphatic carbocycles. The van der Waals surface area contributed by atoms with Crippen LogP contribution in [0.4, 0.5) is 5.69 Å². The van der Waals surface area contributed by atoms with Crippen LogP contribution >= 0.6 is 0 Å². The molecule has 0 saturated heterocycles. The highest BCUT2D eigenvalue weighted by Crippen LogP contribution is 2.30. The van der Waals surface area contributed by atoms with Gasteiger partial charge in [-0.05, 0) is 63.3 Å². The first-order valence-electron chi connectivity index (χ1n) is 10.4. The van der Waals surface area contributed by atoms with Gasteiger partial charge >= 0.3 is 0 Å². The van der Waals surface area contributed by atoms with Crippen molar-refractivity contribution >= 4 is 11.9 Å². The van der Waals surface area contributed by atoms with Crippen molar-refractivity contribution in [2.45, 2.75) is 39.0 Å². The second-order valence-electron chi connectivity index (χ2n) is 8.95. The lowest BCUT2D eigenvalue weighted by Crippen LogP contribution is -2.27. The third kappa shape index (κ3) is 4.40. The van der Waals surface area contributed by atoms with Crippen molar-refractivity contribution in [3.63, 3.8) is 0 Å². The first-order valence-corrected chi connectivity index (χ1v) is 10.4. The van der Waals surface area contributed by atoms with E-state index in [0.717, 1.165) is 12.1 Å². The lowest BCUT2D eigenvalue weighted by Gasteiger charge is -2.27. The van der Waals surface area contributed by atoms with E-state index in [2.05, 4.69) is 92.4 Å². The van der Waals surface area contributed by atoms with E-state index < -0.39 is 0 Å². The quantitative estimate of drug-likeness (QED) is 0.448. The van der Waals surface area contributed by atoms with Crippen LogP contribution in [0, 0.1) is 0 Å². The Labute approximate surface area is 174 Å². The summed E-state index contributed by atoms with van der Waals surface area (Å²) in [5, 5.41) is 4.55. The summed E-state index contributed by atoms with van der Waals surface area (Å²) in [6.45, 7) is 7.81. The van der Waals surface area contributed by atoms with Crippen LogP contribution in [0.3, 0.4) is 0 Å². The van der Waals surface area contributed by atoms with Crippen molar-refractivity contribution in [3.05, 3.63) is 83.7 Å². The Morgan fingerprint density at radius 3 is 2.31 bits per heavy atom. The smallest absolute Gasteiger partial charge is 0.202 e. The molecule has 2 heterocycles. The Morgan fingerprint density at radius 1 is 0.931 bits per heavy atom. The van der Waals surface area contributed by atoms with Crippen LogP contribution in [0.25, 0.3) is 11.1 Å². The monoisotopic (exact) mass is 384 g/mol. The third-order valence-corrected chi connectivity index (χ3v) is 5.69. The molecule has 3 heteroatoms. The molecule has 2 aromatic carbocycles. The highest BCUT2D eigenvalue weighted by Gasteiger charge is 2.15. The summed E-state index contributed by atoms with van der Waals surface area (Å²) in [4.78, 5) is 2.36. The molecule has 0 saturated carbocycles. The fourth-order valence-electron chi connectivity index (χ4n) is 3.86. The molecular weight excluding hydrogens is 354 g/mol. The van der Waals surface area contributed by atoms with E-state index in [4.69, 9.17) is 0 Å². The van der Waals surface area contributed by atoms with Crippen molar-refractivity contribution in [2.24, 2.45) is 5.10 Å². The molecule has 0 atom stereocenters. The number of hydrogen-bond donors (Lipinski definition) is 0. The number of hydrogen-bond acceptors (Lipinski definition) is 2. The van der Waals surface area contributed by atoms with Crippen LogP contribution in [0.2, 0.25) is 0 Å². The Hall–Kier alpha value is -2.94. The minimum absolute atomic E-state index is 0.157. The largest absolute Gasteiger partial charge is 0.374 e. The maximum Gasteiger partial charge on any atom is 0.202 e. The summed E-state index contributed by atoms with van der Waals surface area (Å²) in [5.41, 5.74) is 7.93. The Kier molecular flexibility index (Phi) is 5.23. The van der Waals surface area contributed by atoms with E-state index >= 15 is 0 Å². The van der Waals surface area contributed by atoms with Gasteiger partial charge in [0.2, 0.25) is 12.4 Å². The second-order valence-corrected chi connectivity index (χ2v) is 8.95. The molecular formula is C26H30N3+. The number of benzene rings is 2. The summed E-state index contributed by atoms with van der Waals surface area (Å²) in [7, 11) is 2.18. The lowest BCUT2D eigenvalue weighted by molar-refractivity contribution is -0.678. The van der Waals surface area contributed by atoms with Gasteiger partial charge in [0.1, 0.15) is 6.21 Å². The zero-order valence-corrected chi connectivity index (χ0v) is 17.9. The van der Waals surface area contributed by atoms with Gasteiger partial charge in [0.25, 0.3) is 0 Å². The Balaban J connectivity index is 1.49. The van der Waals surface area contributed by atoms with Crippen molar-refractivity contribution in [3.8, 4) is 11.1 Å². The average Bonchev–Trinajstić information content (AvgIpc) is 2.72. The van der Waals surface area contributed by atoms with E-state index in [-0.39, 0.29) is 5.41 Å². The minimum Gasteiger partial charge on any atom is -0.374 e. The molecule has 3 nitrogen and oxygen atoms in total. The third-order valence-electron chi connectivity index (χ3n) is 5.69. The predicted octanol–water partition coefficient (Wildman–Crippen LogP) is 5.20. The molecule has 3 aromatic rings. The molecule has 0 bridgehead atoms. The molecule has 0 spiro atoms. The summed E-state index contributed by atoms with van der Waals surface area (Å²) < 4.78 is 1.85. The predicted molar refractivity (Wildman–Crippen MR) is 122 cm³/mol. The van der Waals surface area contributed by atoms with Crippen LogP contribution in [-0.2, 0) is 11.8 Å². The van der Waals surface area contributed by atoms with Crippen LogP contribution in [-0.4, -0.2) is 19.8 Å². The number of pyridine rings is 1. The maximum absolute atomic E-state index is 4.55. The molecule has 0 amide bonds. The van der Waals surface area contributed by atoms with Gasteiger partial charge in [-0.15, -0.1) is 0 Å². The number of nitrogens with zero attached hydrogens (tertiary/aromatic N) is 3. The maximum atomic E-state index is 4.55. The SMILES string of the molecule is CN1CCCc2cc(-c3ccc(/C=N/[n+]4ccc(C(C)(C)C)cc4)cc3)ccc21. The Bertz CT molecular complexity index is 1010. The van der Waals surface area contributed by atoms with Crippen LogP contribution < -0.4 is 9.58 Å². The zero-order chi connectivity index (χ0) is 20.4. The number of rotatable bonds is 3. The summed E-state index contributed by atoms with van der Waals surface area (Å²) in [5.74, 6) is 0. The fourth-order valence-corrected chi connectivity index (χ4v) is 3.86. The second kappa shape index (κ2) is 7.82. The van der Waals surface area contributed by atoms with Crippen molar-refractivity contribution in [1.82, 2.24) is 0 Å². The number of fused-ring (bicyclic) bond motifs is 1. The first-order chi connectivity index (χ1) is 13.9. The minimum atomic E-state index is 0.157. The molecule has 0 N–H and O–H groups in total. The van der Waals surface area contributed by atoms with Gasteiger partial charge < -0.3 is 4.90 Å². The van der Waals surface area contributed by atoms with Gasteiger partial charge in [-0.1, -0.05) is 55.8 Å². The topological polar surface area (TPSA) is 19.5 Å². The molecule has 0 fully saturated rings. The van der Waals surface area contributed by atoms with Crippen LogP contribution in [0.15, 0.2) is 72.1 Å². The molecule has 148 valence electrons. The fraction of sp³-hybridized carbons (Fsp3) is 0.308. The van der Waals surface area contributed by atoms with E-state index in [0.29, 0.717) is 0 Å². The molecule has 1 aliphatic rings. The average molecular weight is 385 g/mol. The highest BCUT2D eigenvalue weighted by molar-refractivity contribution is 5.80.